The molecule has 0 aromatic carbocycles. The fourth-order valence-electron chi connectivity index (χ4n) is 1.27. The Labute approximate surface area is 118 Å². The molecule has 0 aliphatic heterocycles. The number of hydrogen-bond donors (Lipinski definition) is 0. The highest BCUT2D eigenvalue weighted by Crippen LogP contribution is 2.44. The monoisotopic (exact) mass is 328 g/mol. The molecule has 0 heterocycles. The molecule has 0 unspecified atom stereocenters. The van der Waals surface area contributed by atoms with Crippen LogP contribution in [0, 0.1) is 0 Å². The third-order valence-electron chi connectivity index (χ3n) is 2.26. The van der Waals surface area contributed by atoms with Crippen LogP contribution >= 0.6 is 56.4 Å². The number of unbranched alkanes of at least 4 members (excludes halogenated alkanes) is 5. The van der Waals surface area contributed by atoms with Crippen molar-refractivity contribution in [2.24, 2.45) is 0 Å². The zero-order valence-electron chi connectivity index (χ0n) is 8.84. The van der Waals surface area contributed by atoms with Gasteiger partial charge in [0.25, 0.3) is 0 Å². The third-order valence-corrected chi connectivity index (χ3v) is 10.1. The van der Waals surface area contributed by atoms with Gasteiger partial charge in [0.15, 0.2) is 3.96 Å². The van der Waals surface area contributed by atoms with Crippen molar-refractivity contribution < 1.29 is 0 Å². The summed E-state index contributed by atoms with van der Waals surface area (Å²) in [5, 5.41) is 0. The first-order chi connectivity index (χ1) is 6.81. The molecule has 15 heavy (non-hydrogen) atoms. The Morgan fingerprint density at radius 3 is 1.80 bits per heavy atom. The second kappa shape index (κ2) is 7.89. The molecule has 92 valence electrons. The van der Waals surface area contributed by atoms with E-state index in [9.17, 15) is 0 Å². The van der Waals surface area contributed by atoms with E-state index in [1.807, 2.05) is 0 Å². The Morgan fingerprint density at radius 2 is 1.33 bits per heavy atom. The fraction of sp³-hybridized carbons (Fsp3) is 1.00. The first-order valence-corrected chi connectivity index (χ1v) is 11.0. The summed E-state index contributed by atoms with van der Waals surface area (Å²) in [5.41, 5.74) is 0. The van der Waals surface area contributed by atoms with Crippen molar-refractivity contribution in [2.75, 3.05) is 0 Å². The fourth-order valence-corrected chi connectivity index (χ4v) is 2.85. The molecule has 0 radical (unpaired) electrons. The van der Waals surface area contributed by atoms with E-state index in [-0.39, 0.29) is 0 Å². The van der Waals surface area contributed by atoms with E-state index in [1.54, 1.807) is 0 Å². The molecule has 6 heteroatoms. The van der Waals surface area contributed by atoms with Crippen LogP contribution in [0.1, 0.15) is 51.9 Å². The van der Waals surface area contributed by atoms with Gasteiger partial charge in [-0.05, 0) is 6.42 Å². The van der Waals surface area contributed by atoms with E-state index in [4.69, 9.17) is 56.4 Å². The molecule has 0 aliphatic rings. The summed E-state index contributed by atoms with van der Waals surface area (Å²) in [6.07, 6.45) is 7.61. The van der Waals surface area contributed by atoms with Crippen LogP contribution in [0.15, 0.2) is 0 Å². The summed E-state index contributed by atoms with van der Waals surface area (Å²) in [4.78, 5) is 0. The molecule has 0 bridgehead atoms. The van der Waals surface area contributed by atoms with Gasteiger partial charge in [0.05, 0.1) is 0 Å². The molecule has 0 saturated carbocycles. The molecule has 0 saturated heterocycles. The molecule has 0 aliphatic carbocycles. The normalized spacial score (nSPS) is 13.2. The third kappa shape index (κ3) is 7.57. The van der Waals surface area contributed by atoms with Crippen LogP contribution in [-0.2, 0) is 0 Å². The number of hydrogen-bond acceptors (Lipinski definition) is 0. The van der Waals surface area contributed by atoms with E-state index in [0.29, 0.717) is 6.42 Å². The first kappa shape index (κ1) is 16.7. The Bertz CT molecular complexity index is 166. The first-order valence-electron chi connectivity index (χ1n) is 5.26. The molecule has 0 fully saturated rings. The molecular formula is C9H17Cl5Si. The molecule has 0 rings (SSSR count). The van der Waals surface area contributed by atoms with Gasteiger partial charge in [-0.15, -0.1) is 56.4 Å². The van der Waals surface area contributed by atoms with Gasteiger partial charge in [-0.25, -0.2) is 0 Å². The maximum atomic E-state index is 5.98. The average molecular weight is 331 g/mol. The summed E-state index contributed by atoms with van der Waals surface area (Å²) in [5.74, 6) is 0. The zero-order chi connectivity index (χ0) is 11.9. The van der Waals surface area contributed by atoms with E-state index in [0.717, 1.165) is 12.8 Å². The predicted octanol–water partition coefficient (Wildman–Crippen LogP) is 6.11. The summed E-state index contributed by atoms with van der Waals surface area (Å²) in [7, 11) is 0. The smallest absolute Gasteiger partial charge is 0.123 e. The second-order valence-electron chi connectivity index (χ2n) is 3.72. The second-order valence-corrected chi connectivity index (χ2v) is 14.5. The van der Waals surface area contributed by atoms with Gasteiger partial charge in [-0.1, -0.05) is 45.4 Å². The average Bonchev–Trinajstić information content (AvgIpc) is 2.09. The van der Waals surface area contributed by atoms with Crippen molar-refractivity contribution in [3.8, 4) is 0 Å². The number of alkyl halides is 2. The quantitative estimate of drug-likeness (QED) is 0.218. The molecule has 0 aromatic heterocycles. The molecule has 0 N–H and O–H groups in total. The van der Waals surface area contributed by atoms with Gasteiger partial charge in [-0.3, -0.25) is 0 Å². The van der Waals surface area contributed by atoms with Crippen molar-refractivity contribution in [2.45, 2.75) is 55.8 Å². The van der Waals surface area contributed by atoms with Crippen LogP contribution in [0.5, 0.6) is 0 Å². The van der Waals surface area contributed by atoms with Crippen molar-refractivity contribution >= 4 is 62.4 Å². The molecule has 0 amide bonds. The summed E-state index contributed by atoms with van der Waals surface area (Å²) >= 11 is 29.3. The standard InChI is InChI=1S/C9H17Cl5Si/c1-2-3-4-5-6-7-8-9(10,11)15(12,13)14/h2-8H2,1H3. The molecule has 0 aromatic rings. The molecular weight excluding hydrogens is 313 g/mol. The van der Waals surface area contributed by atoms with Gasteiger partial charge >= 0.3 is 6.00 Å². The van der Waals surface area contributed by atoms with Gasteiger partial charge in [0.1, 0.15) is 0 Å². The topological polar surface area (TPSA) is 0 Å². The summed E-state index contributed by atoms with van der Waals surface area (Å²) < 4.78 is -1.14. The molecule has 0 spiro atoms. The minimum absolute atomic E-state index is 0.574. The highest BCUT2D eigenvalue weighted by atomic mass is 35.8. The zero-order valence-corrected chi connectivity index (χ0v) is 13.6. The van der Waals surface area contributed by atoms with Crippen molar-refractivity contribution in [1.29, 1.82) is 0 Å². The number of rotatable bonds is 8. The van der Waals surface area contributed by atoms with Crippen LogP contribution in [0.3, 0.4) is 0 Å². The lowest BCUT2D eigenvalue weighted by molar-refractivity contribution is 0.592. The Kier molecular flexibility index (Phi) is 8.77. The minimum atomic E-state index is -3.01. The Balaban J connectivity index is 3.58. The van der Waals surface area contributed by atoms with Crippen LogP contribution in [0.25, 0.3) is 0 Å². The van der Waals surface area contributed by atoms with E-state index < -0.39 is 9.96 Å². The minimum Gasteiger partial charge on any atom is -0.123 e. The van der Waals surface area contributed by atoms with Crippen LogP contribution < -0.4 is 0 Å². The van der Waals surface area contributed by atoms with E-state index in [2.05, 4.69) is 6.92 Å². The van der Waals surface area contributed by atoms with Crippen molar-refractivity contribution in [3.63, 3.8) is 0 Å². The lowest BCUT2D eigenvalue weighted by Crippen LogP contribution is -2.36. The lowest BCUT2D eigenvalue weighted by atomic mass is 10.1. The molecule has 0 atom stereocenters. The van der Waals surface area contributed by atoms with E-state index >= 15 is 0 Å². The highest BCUT2D eigenvalue weighted by molar-refractivity contribution is 7.68. The summed E-state index contributed by atoms with van der Waals surface area (Å²) in [6, 6.07) is -3.01. The van der Waals surface area contributed by atoms with Crippen molar-refractivity contribution in [1.82, 2.24) is 0 Å². The SMILES string of the molecule is CCCCCCCCC(Cl)(Cl)[Si](Cl)(Cl)Cl. The van der Waals surface area contributed by atoms with Gasteiger partial charge in [0, 0.05) is 0 Å². The van der Waals surface area contributed by atoms with E-state index in [1.165, 1.54) is 25.7 Å². The maximum absolute atomic E-state index is 5.98. The number of halogens is 5. The Morgan fingerprint density at radius 1 is 0.867 bits per heavy atom. The Hall–Kier alpha value is 1.67. The van der Waals surface area contributed by atoms with Gasteiger partial charge in [-0.2, -0.15) is 0 Å². The predicted molar refractivity (Wildman–Crippen MR) is 75.7 cm³/mol. The van der Waals surface area contributed by atoms with Crippen LogP contribution in [0.4, 0.5) is 0 Å². The maximum Gasteiger partial charge on any atom is 0.376 e. The van der Waals surface area contributed by atoms with Gasteiger partial charge in [0.2, 0.25) is 0 Å². The lowest BCUT2D eigenvalue weighted by Gasteiger charge is -2.24. The highest BCUT2D eigenvalue weighted by Gasteiger charge is 2.48. The summed E-state index contributed by atoms with van der Waals surface area (Å²) in [6.45, 7) is 2.19. The van der Waals surface area contributed by atoms with Gasteiger partial charge < -0.3 is 0 Å². The van der Waals surface area contributed by atoms with Crippen LogP contribution in [-0.4, -0.2) is 9.96 Å². The van der Waals surface area contributed by atoms with Crippen molar-refractivity contribution in [3.05, 3.63) is 0 Å². The van der Waals surface area contributed by atoms with Crippen LogP contribution in [0.2, 0.25) is 0 Å². The molecule has 0 nitrogen and oxygen atoms in total. The largest absolute Gasteiger partial charge is 0.376 e.